The molecule has 0 aromatic carbocycles. The normalized spacial score (nSPS) is 24.6. The predicted octanol–water partition coefficient (Wildman–Crippen LogP) is 2.46. The summed E-state index contributed by atoms with van der Waals surface area (Å²) in [5.74, 6) is 3.11. The van der Waals surface area contributed by atoms with Crippen LogP contribution in [0.3, 0.4) is 0 Å². The van der Waals surface area contributed by atoms with Crippen molar-refractivity contribution in [1.82, 2.24) is 5.32 Å². The summed E-state index contributed by atoms with van der Waals surface area (Å²) in [4.78, 5) is 4.55. The fraction of sp³-hybridized carbons (Fsp3) is 0.900. The molecule has 2 nitrogen and oxygen atoms in total. The summed E-state index contributed by atoms with van der Waals surface area (Å²) in [6, 6.07) is 0.624. The monoisotopic (exact) mass is 232 g/mol. The highest BCUT2D eigenvalue weighted by Crippen LogP contribution is 2.18. The first-order valence-corrected chi connectivity index (χ1v) is 7.54. The van der Waals surface area contributed by atoms with Gasteiger partial charge in [0.25, 0.3) is 0 Å². The number of hydrogen-bond acceptors (Lipinski definition) is 3. The number of nitrogens with zero attached hydrogens (tertiary/aromatic N) is 1. The van der Waals surface area contributed by atoms with E-state index in [1.165, 1.54) is 17.9 Å². The van der Waals surface area contributed by atoms with Crippen molar-refractivity contribution >= 4 is 28.7 Å². The van der Waals surface area contributed by atoms with Gasteiger partial charge in [0.1, 0.15) is 0 Å². The summed E-state index contributed by atoms with van der Waals surface area (Å²) in [6.45, 7) is 5.49. The Labute approximate surface area is 95.7 Å². The second-order valence-corrected chi connectivity index (χ2v) is 5.83. The molecule has 0 aromatic heterocycles. The molecule has 14 heavy (non-hydrogen) atoms. The van der Waals surface area contributed by atoms with Gasteiger partial charge in [0.2, 0.25) is 0 Å². The topological polar surface area (TPSA) is 24.4 Å². The summed E-state index contributed by atoms with van der Waals surface area (Å²) in [5, 5.41) is 4.63. The molecule has 0 radical (unpaired) electrons. The third-order valence-electron chi connectivity index (χ3n) is 2.28. The van der Waals surface area contributed by atoms with Gasteiger partial charge in [-0.15, -0.1) is 0 Å². The van der Waals surface area contributed by atoms with E-state index in [-0.39, 0.29) is 0 Å². The summed E-state index contributed by atoms with van der Waals surface area (Å²) in [5.41, 5.74) is 0. The maximum atomic E-state index is 4.55. The number of nitrogens with one attached hydrogen (secondary N) is 1. The third kappa shape index (κ3) is 4.13. The van der Waals surface area contributed by atoms with Gasteiger partial charge in [-0.2, -0.15) is 11.8 Å². The van der Waals surface area contributed by atoms with Crippen molar-refractivity contribution in [1.29, 1.82) is 0 Å². The molecule has 0 saturated carbocycles. The zero-order valence-electron chi connectivity index (χ0n) is 9.25. The molecule has 0 unspecified atom stereocenters. The van der Waals surface area contributed by atoms with Gasteiger partial charge in [0.05, 0.1) is 0 Å². The Morgan fingerprint density at radius 3 is 3.00 bits per heavy atom. The van der Waals surface area contributed by atoms with E-state index in [1.54, 1.807) is 0 Å². The Hall–Kier alpha value is 0.170. The minimum atomic E-state index is 0.624. The molecule has 1 N–H and O–H groups in total. The average Bonchev–Trinajstić information content (AvgIpc) is 2.61. The van der Waals surface area contributed by atoms with Gasteiger partial charge in [-0.05, 0) is 24.3 Å². The van der Waals surface area contributed by atoms with Crippen molar-refractivity contribution in [2.75, 3.05) is 24.3 Å². The molecule has 0 aliphatic carbocycles. The molecule has 1 aliphatic heterocycles. The summed E-state index contributed by atoms with van der Waals surface area (Å²) >= 11 is 3.76. The van der Waals surface area contributed by atoms with Crippen molar-refractivity contribution in [3.8, 4) is 0 Å². The summed E-state index contributed by atoms with van der Waals surface area (Å²) in [7, 11) is 0. The van der Waals surface area contributed by atoms with E-state index in [1.807, 2.05) is 23.5 Å². The summed E-state index contributed by atoms with van der Waals surface area (Å²) in [6.07, 6.45) is 3.34. The van der Waals surface area contributed by atoms with Gasteiger partial charge in [-0.1, -0.05) is 25.6 Å². The Bertz CT molecular complexity index is 193. The molecule has 1 aliphatic rings. The Balaban J connectivity index is 2.20. The minimum absolute atomic E-state index is 0.624. The number of thioether (sulfide) groups is 2. The fourth-order valence-corrected chi connectivity index (χ4v) is 2.89. The predicted molar refractivity (Wildman–Crippen MR) is 69.5 cm³/mol. The van der Waals surface area contributed by atoms with Gasteiger partial charge in [0.15, 0.2) is 5.17 Å². The minimum Gasteiger partial charge on any atom is -0.361 e. The smallest absolute Gasteiger partial charge is 0.156 e. The zero-order valence-corrected chi connectivity index (χ0v) is 10.9. The molecule has 1 rings (SSSR count). The molecule has 0 amide bonds. The average molecular weight is 232 g/mol. The van der Waals surface area contributed by atoms with E-state index >= 15 is 0 Å². The van der Waals surface area contributed by atoms with Crippen LogP contribution >= 0.6 is 23.5 Å². The Morgan fingerprint density at radius 1 is 1.64 bits per heavy atom. The van der Waals surface area contributed by atoms with E-state index in [2.05, 4.69) is 30.4 Å². The third-order valence-corrected chi connectivity index (χ3v) is 4.02. The molecule has 1 heterocycles. The highest BCUT2D eigenvalue weighted by Gasteiger charge is 2.22. The highest BCUT2D eigenvalue weighted by molar-refractivity contribution is 8.14. The second kappa shape index (κ2) is 6.62. The van der Waals surface area contributed by atoms with Crippen LogP contribution in [0.1, 0.15) is 20.3 Å². The lowest BCUT2D eigenvalue weighted by molar-refractivity contribution is 0.503. The van der Waals surface area contributed by atoms with Gasteiger partial charge in [-0.25, -0.2) is 0 Å². The van der Waals surface area contributed by atoms with E-state index in [0.29, 0.717) is 12.0 Å². The molecule has 1 atom stereocenters. The molecule has 0 spiro atoms. The highest BCUT2D eigenvalue weighted by atomic mass is 32.2. The van der Waals surface area contributed by atoms with Crippen LogP contribution in [-0.4, -0.2) is 35.5 Å². The van der Waals surface area contributed by atoms with Crippen molar-refractivity contribution in [3.05, 3.63) is 0 Å². The van der Waals surface area contributed by atoms with Crippen LogP contribution in [0.25, 0.3) is 0 Å². The molecular weight excluding hydrogens is 212 g/mol. The largest absolute Gasteiger partial charge is 0.361 e. The van der Waals surface area contributed by atoms with E-state index in [4.69, 9.17) is 0 Å². The molecule has 0 bridgehead atoms. The van der Waals surface area contributed by atoms with Crippen molar-refractivity contribution in [3.63, 3.8) is 0 Å². The van der Waals surface area contributed by atoms with Crippen LogP contribution in [0, 0.1) is 5.92 Å². The van der Waals surface area contributed by atoms with Gasteiger partial charge >= 0.3 is 0 Å². The zero-order chi connectivity index (χ0) is 10.4. The first-order valence-electron chi connectivity index (χ1n) is 5.16. The van der Waals surface area contributed by atoms with Gasteiger partial charge < -0.3 is 5.32 Å². The van der Waals surface area contributed by atoms with Crippen molar-refractivity contribution in [2.45, 2.75) is 26.3 Å². The van der Waals surface area contributed by atoms with Crippen molar-refractivity contribution < 1.29 is 0 Å². The van der Waals surface area contributed by atoms with Crippen LogP contribution in [0.2, 0.25) is 0 Å². The van der Waals surface area contributed by atoms with Crippen LogP contribution in [0.4, 0.5) is 0 Å². The maximum absolute atomic E-state index is 4.55. The Morgan fingerprint density at radius 2 is 2.43 bits per heavy atom. The van der Waals surface area contributed by atoms with Crippen LogP contribution in [0.15, 0.2) is 4.99 Å². The number of amidine groups is 1. The van der Waals surface area contributed by atoms with E-state index in [9.17, 15) is 0 Å². The molecule has 0 aromatic rings. The van der Waals surface area contributed by atoms with E-state index < -0.39 is 0 Å². The lowest BCUT2D eigenvalue weighted by Gasteiger charge is -2.12. The first-order chi connectivity index (χ1) is 6.74. The maximum Gasteiger partial charge on any atom is 0.156 e. The number of aliphatic imine (C=N–C) groups is 1. The van der Waals surface area contributed by atoms with Gasteiger partial charge in [-0.3, -0.25) is 4.99 Å². The molecule has 1 saturated heterocycles. The number of hydrogen-bond donors (Lipinski definition) is 1. The lowest BCUT2D eigenvalue weighted by Crippen LogP contribution is -2.31. The van der Waals surface area contributed by atoms with Gasteiger partial charge in [0, 0.05) is 18.3 Å². The number of rotatable bonds is 5. The summed E-state index contributed by atoms with van der Waals surface area (Å²) < 4.78 is 0. The second-order valence-electron chi connectivity index (χ2n) is 3.84. The molecular formula is C10H20N2S2. The first kappa shape index (κ1) is 12.2. The standard InChI is InChI=1S/C10H20N2S2/c1-8(2)9-7-14-10(12-9)11-5-4-6-13-3/h8-9H,4-7H2,1-3H3,(H,11,12)/t9-/m1/s1. The molecule has 4 heteroatoms. The fourth-order valence-electron chi connectivity index (χ4n) is 1.25. The van der Waals surface area contributed by atoms with Crippen molar-refractivity contribution in [2.24, 2.45) is 10.9 Å². The molecule has 82 valence electrons. The van der Waals surface area contributed by atoms with E-state index in [0.717, 1.165) is 11.7 Å². The Kier molecular flexibility index (Phi) is 5.78. The quantitative estimate of drug-likeness (QED) is 0.737. The van der Waals surface area contributed by atoms with Crippen LogP contribution in [0.5, 0.6) is 0 Å². The van der Waals surface area contributed by atoms with Crippen LogP contribution < -0.4 is 5.32 Å². The lowest BCUT2D eigenvalue weighted by atomic mass is 10.1. The van der Waals surface area contributed by atoms with Crippen LogP contribution in [-0.2, 0) is 0 Å². The SMILES string of the molecule is CSCCCN=C1N[C@@H](C(C)C)CS1. The molecule has 1 fully saturated rings.